The van der Waals surface area contributed by atoms with Gasteiger partial charge in [0.2, 0.25) is 5.88 Å². The zero-order valence-corrected chi connectivity index (χ0v) is 11.5. The summed E-state index contributed by atoms with van der Waals surface area (Å²) in [6.07, 6.45) is 0. The van der Waals surface area contributed by atoms with Crippen molar-refractivity contribution in [2.75, 3.05) is 7.05 Å². The van der Waals surface area contributed by atoms with Crippen LogP contribution in [-0.2, 0) is 6.54 Å². The number of pyridine rings is 1. The van der Waals surface area contributed by atoms with Crippen LogP contribution < -0.4 is 10.1 Å². The van der Waals surface area contributed by atoms with Gasteiger partial charge in [-0.25, -0.2) is 0 Å². The van der Waals surface area contributed by atoms with E-state index in [1.807, 2.05) is 50.4 Å². The minimum absolute atomic E-state index is 0.564. The molecule has 2 aromatic heterocycles. The smallest absolute Gasteiger partial charge is 0.238 e. The second-order valence-corrected chi connectivity index (χ2v) is 4.65. The predicted molar refractivity (Wildman–Crippen MR) is 77.9 cm³/mol. The summed E-state index contributed by atoms with van der Waals surface area (Å²) in [5.74, 6) is 1.33. The number of rotatable bonds is 4. The number of ether oxygens (including phenoxy) is 1. The Balaban J connectivity index is 2.06. The average molecular weight is 268 g/mol. The van der Waals surface area contributed by atoms with Crippen molar-refractivity contribution in [1.29, 1.82) is 0 Å². The summed E-state index contributed by atoms with van der Waals surface area (Å²) in [5, 5.41) is 11.1. The summed E-state index contributed by atoms with van der Waals surface area (Å²) in [6, 6.07) is 11.7. The van der Waals surface area contributed by atoms with Gasteiger partial charge in [-0.2, -0.15) is 0 Å². The van der Waals surface area contributed by atoms with Crippen LogP contribution >= 0.6 is 0 Å². The van der Waals surface area contributed by atoms with Gasteiger partial charge in [0.15, 0.2) is 0 Å². The Hall–Kier alpha value is -2.40. The number of para-hydroxylation sites is 1. The molecule has 2 N–H and O–H groups in total. The highest BCUT2D eigenvalue weighted by atomic mass is 16.5. The molecule has 0 unspecified atom stereocenters. The fraction of sp³-hybridized carbons (Fsp3) is 0.200. The summed E-state index contributed by atoms with van der Waals surface area (Å²) in [7, 11) is 1.90. The molecule has 0 saturated heterocycles. The molecular weight excluding hydrogens is 252 g/mol. The van der Waals surface area contributed by atoms with Gasteiger partial charge in [-0.05, 0) is 26.1 Å². The molecule has 0 spiro atoms. The summed E-state index contributed by atoms with van der Waals surface area (Å²) in [5.41, 5.74) is 2.82. The zero-order chi connectivity index (χ0) is 13.9. The fourth-order valence-corrected chi connectivity index (χ4v) is 2.11. The SMILES string of the molecule is CNCc1cc(Oc2cc(C)[nH]n2)c2ccccc2n1. The van der Waals surface area contributed by atoms with Crippen molar-refractivity contribution < 1.29 is 4.74 Å². The Bertz CT molecular complexity index is 736. The van der Waals surface area contributed by atoms with E-state index in [-0.39, 0.29) is 0 Å². The van der Waals surface area contributed by atoms with E-state index < -0.39 is 0 Å². The van der Waals surface area contributed by atoms with Crippen LogP contribution in [0.3, 0.4) is 0 Å². The quantitative estimate of drug-likeness (QED) is 0.763. The van der Waals surface area contributed by atoms with Crippen LogP contribution in [0.1, 0.15) is 11.4 Å². The lowest BCUT2D eigenvalue weighted by atomic mass is 10.2. The number of fused-ring (bicyclic) bond motifs is 1. The van der Waals surface area contributed by atoms with Gasteiger partial charge in [0.1, 0.15) is 5.75 Å². The average Bonchev–Trinajstić information content (AvgIpc) is 2.85. The number of benzene rings is 1. The standard InChI is InChI=1S/C15H16N4O/c1-10-7-15(19-18-10)20-14-8-11(9-16-2)17-13-6-4-3-5-12(13)14/h3-8,16H,9H2,1-2H3,(H,18,19). The molecule has 2 heterocycles. The van der Waals surface area contributed by atoms with Crippen LogP contribution in [0.15, 0.2) is 36.4 Å². The number of hydrogen-bond acceptors (Lipinski definition) is 4. The minimum atomic E-state index is 0.564. The first-order chi connectivity index (χ1) is 9.76. The van der Waals surface area contributed by atoms with Gasteiger partial charge in [-0.1, -0.05) is 12.1 Å². The molecule has 5 heteroatoms. The first-order valence-corrected chi connectivity index (χ1v) is 6.49. The highest BCUT2D eigenvalue weighted by Crippen LogP contribution is 2.29. The van der Waals surface area contributed by atoms with Crippen molar-refractivity contribution in [3.8, 4) is 11.6 Å². The molecule has 0 bridgehead atoms. The predicted octanol–water partition coefficient (Wildman–Crippen LogP) is 2.78. The molecule has 0 aliphatic carbocycles. The normalized spacial score (nSPS) is 10.9. The van der Waals surface area contributed by atoms with E-state index in [9.17, 15) is 0 Å². The van der Waals surface area contributed by atoms with Gasteiger partial charge in [0.05, 0.1) is 11.2 Å². The third-order valence-corrected chi connectivity index (χ3v) is 2.99. The number of nitrogens with zero attached hydrogens (tertiary/aromatic N) is 2. The molecule has 0 aliphatic heterocycles. The fourth-order valence-electron chi connectivity index (χ4n) is 2.11. The van der Waals surface area contributed by atoms with E-state index in [4.69, 9.17) is 4.74 Å². The van der Waals surface area contributed by atoms with E-state index in [1.54, 1.807) is 0 Å². The number of hydrogen-bond donors (Lipinski definition) is 2. The van der Waals surface area contributed by atoms with Gasteiger partial charge < -0.3 is 10.1 Å². The van der Waals surface area contributed by atoms with Crippen LogP contribution in [0.5, 0.6) is 11.6 Å². The Morgan fingerprint density at radius 2 is 2.10 bits per heavy atom. The van der Waals surface area contributed by atoms with Crippen molar-refractivity contribution in [1.82, 2.24) is 20.5 Å². The van der Waals surface area contributed by atoms with Gasteiger partial charge in [0, 0.05) is 29.8 Å². The lowest BCUT2D eigenvalue weighted by molar-refractivity contribution is 0.465. The molecule has 5 nitrogen and oxygen atoms in total. The Labute approximate surface area is 117 Å². The first-order valence-electron chi connectivity index (χ1n) is 6.49. The second kappa shape index (κ2) is 5.30. The molecule has 0 aliphatic rings. The summed E-state index contributed by atoms with van der Waals surface area (Å²) >= 11 is 0. The van der Waals surface area contributed by atoms with Gasteiger partial charge in [0.25, 0.3) is 0 Å². The molecule has 0 radical (unpaired) electrons. The van der Waals surface area contributed by atoms with Crippen molar-refractivity contribution in [2.24, 2.45) is 0 Å². The number of aromatic nitrogens is 3. The molecule has 1 aromatic carbocycles. The molecule has 3 rings (SSSR count). The molecule has 0 atom stereocenters. The zero-order valence-electron chi connectivity index (χ0n) is 11.5. The Morgan fingerprint density at radius 1 is 1.25 bits per heavy atom. The van der Waals surface area contributed by atoms with Gasteiger partial charge in [-0.3, -0.25) is 10.1 Å². The third kappa shape index (κ3) is 2.48. The van der Waals surface area contributed by atoms with E-state index >= 15 is 0 Å². The van der Waals surface area contributed by atoms with Crippen LogP contribution in [0.25, 0.3) is 10.9 Å². The Kier molecular flexibility index (Phi) is 3.35. The van der Waals surface area contributed by atoms with Crippen molar-refractivity contribution in [3.63, 3.8) is 0 Å². The van der Waals surface area contributed by atoms with Crippen LogP contribution in [0.2, 0.25) is 0 Å². The minimum Gasteiger partial charge on any atom is -0.437 e. The highest BCUT2D eigenvalue weighted by molar-refractivity contribution is 5.85. The van der Waals surface area contributed by atoms with E-state index in [1.165, 1.54) is 0 Å². The molecule has 3 aromatic rings. The van der Waals surface area contributed by atoms with E-state index in [2.05, 4.69) is 20.5 Å². The molecule has 0 saturated carbocycles. The number of aryl methyl sites for hydroxylation is 1. The maximum Gasteiger partial charge on any atom is 0.238 e. The molecule has 102 valence electrons. The maximum absolute atomic E-state index is 5.89. The number of aromatic amines is 1. The molecule has 20 heavy (non-hydrogen) atoms. The second-order valence-electron chi connectivity index (χ2n) is 4.65. The Morgan fingerprint density at radius 3 is 2.85 bits per heavy atom. The van der Waals surface area contributed by atoms with E-state index in [0.717, 1.165) is 28.0 Å². The van der Waals surface area contributed by atoms with Crippen LogP contribution in [0.4, 0.5) is 0 Å². The van der Waals surface area contributed by atoms with Crippen molar-refractivity contribution in [2.45, 2.75) is 13.5 Å². The maximum atomic E-state index is 5.89. The topological polar surface area (TPSA) is 62.8 Å². The van der Waals surface area contributed by atoms with Crippen LogP contribution in [-0.4, -0.2) is 22.2 Å². The third-order valence-electron chi connectivity index (χ3n) is 2.99. The largest absolute Gasteiger partial charge is 0.437 e. The first kappa shape index (κ1) is 12.6. The van der Waals surface area contributed by atoms with Gasteiger partial charge >= 0.3 is 0 Å². The molecule has 0 amide bonds. The summed E-state index contributed by atoms with van der Waals surface area (Å²) in [4.78, 5) is 4.60. The van der Waals surface area contributed by atoms with E-state index in [0.29, 0.717) is 12.4 Å². The van der Waals surface area contributed by atoms with Gasteiger partial charge in [-0.15, -0.1) is 5.10 Å². The lowest BCUT2D eigenvalue weighted by Crippen LogP contribution is -2.07. The monoisotopic (exact) mass is 268 g/mol. The molecule has 0 fully saturated rings. The van der Waals surface area contributed by atoms with Crippen molar-refractivity contribution in [3.05, 3.63) is 47.8 Å². The van der Waals surface area contributed by atoms with Crippen molar-refractivity contribution >= 4 is 10.9 Å². The molecular formula is C15H16N4O. The summed E-state index contributed by atoms with van der Waals surface area (Å²) in [6.45, 7) is 2.64. The number of nitrogens with one attached hydrogen (secondary N) is 2. The summed E-state index contributed by atoms with van der Waals surface area (Å²) < 4.78 is 5.89. The lowest BCUT2D eigenvalue weighted by Gasteiger charge is -2.09. The number of H-pyrrole nitrogens is 1. The van der Waals surface area contributed by atoms with Crippen LogP contribution in [0, 0.1) is 6.92 Å². The highest BCUT2D eigenvalue weighted by Gasteiger charge is 2.09.